The number of halogens is 1. The van der Waals surface area contributed by atoms with Gasteiger partial charge in [-0.05, 0) is 278 Å². The molecule has 0 aliphatic carbocycles. The number of nitrogens with zero attached hydrogens (tertiary/aromatic N) is 3. The second-order valence-electron chi connectivity index (χ2n) is 33.7. The SMILES string of the molecule is Brc1ccc(-c2cccc(-c3ccc4c(c3)c3c5ccccc5ccc3n4-c3ccc(-c4ccccc4)cc3)c2)cc1.c1ccc(-c2ccc(N(c3ccc(-c4ccccc4)cc3)c3ccc(-c4cccc(-c5ccc6c(c5)c5c7ccccc7ccc5n6-c5ccc(-c6ccccc6)cc5)c4)cc3)cc2)cc1.c1ccc(-c2ccc(Nc3ccc(-c4ccccc4)cc3)cc2)cc1. The summed E-state index contributed by atoms with van der Waals surface area (Å²) in [5, 5.41) is 13.6. The Hall–Kier alpha value is -17.0. The van der Waals surface area contributed by atoms with Gasteiger partial charge >= 0.3 is 0 Å². The first-order valence-corrected chi connectivity index (χ1v) is 46.1. The van der Waals surface area contributed by atoms with Crippen molar-refractivity contribution in [2.45, 2.75) is 0 Å². The molecule has 0 saturated carbocycles. The molecule has 0 bridgehead atoms. The largest absolute Gasteiger partial charge is 0.356 e. The van der Waals surface area contributed by atoms with Crippen LogP contribution in [0.2, 0.25) is 0 Å². The van der Waals surface area contributed by atoms with E-state index in [0.717, 1.165) is 44.3 Å². The Bertz CT molecular complexity index is 8050. The first kappa shape index (κ1) is 81.8. The maximum atomic E-state index is 3.56. The van der Waals surface area contributed by atoms with Crippen molar-refractivity contribution in [1.82, 2.24) is 9.13 Å². The molecule has 24 aromatic rings. The third-order valence-corrected chi connectivity index (χ3v) is 26.1. The highest BCUT2D eigenvalue weighted by Gasteiger charge is 2.21. The smallest absolute Gasteiger partial charge is 0.0547 e. The molecule has 0 atom stereocenters. The normalized spacial score (nSPS) is 11.2. The van der Waals surface area contributed by atoms with E-state index in [4.69, 9.17) is 0 Å². The standard InChI is InChI=1S/C64H44N2.C40H26BrN.C24H19N/c1-4-13-45(14-5-1)48-23-33-56(34-24-48)65(57-35-25-49(26-36-57)46-15-6-2-7-16-46)58-37-29-51(30-38-58)53-20-12-21-54(43-53)55-32-41-62-61(44-55)64-60-22-11-10-19-52(60)31-42-63(64)66(62)59-39-27-50(28-40-59)47-17-8-3-9-18-47;41-34-19-13-29(14-20-34)31-10-6-11-32(25-31)33-18-23-38-37(26-33)40-36-12-5-4-9-30(36)17-24-39(40)42(38)35-21-15-28(16-22-35)27-7-2-1-3-8-27;1-3-7-19(8-4-1)21-11-15-23(16-12-21)25-24-17-13-22(14-18-24)20-9-5-2-6-10-20/h1-44H;1-26H;1-18,25H. The summed E-state index contributed by atoms with van der Waals surface area (Å²) < 4.78 is 5.92. The Morgan fingerprint density at radius 3 is 0.707 bits per heavy atom. The molecule has 5 heteroatoms. The summed E-state index contributed by atoms with van der Waals surface area (Å²) in [6.45, 7) is 0. The zero-order chi connectivity index (χ0) is 88.8. The average Bonchev–Trinajstić information content (AvgIpc) is 1.57. The van der Waals surface area contributed by atoms with E-state index in [1.54, 1.807) is 0 Å². The monoisotopic (exact) mass is 1760 g/mol. The quantitative estimate of drug-likeness (QED) is 0.0983. The molecule has 0 aliphatic heterocycles. The molecule has 2 heterocycles. The lowest BCUT2D eigenvalue weighted by Crippen LogP contribution is -2.09. The first-order valence-electron chi connectivity index (χ1n) is 45.3. The molecule has 0 radical (unpaired) electrons. The summed E-state index contributed by atoms with van der Waals surface area (Å²) in [6.07, 6.45) is 0. The van der Waals surface area contributed by atoms with Crippen LogP contribution in [0.25, 0.3) is 188 Å². The summed E-state index contributed by atoms with van der Waals surface area (Å²) in [6, 6.07) is 192. The number of hydrogen-bond donors (Lipinski definition) is 1. The second kappa shape index (κ2) is 37.0. The Labute approximate surface area is 784 Å². The highest BCUT2D eigenvalue weighted by Crippen LogP contribution is 2.45. The topological polar surface area (TPSA) is 25.1 Å². The van der Waals surface area contributed by atoms with E-state index in [0.29, 0.717) is 0 Å². The van der Waals surface area contributed by atoms with Crippen LogP contribution in [0.15, 0.2) is 538 Å². The van der Waals surface area contributed by atoms with Crippen molar-refractivity contribution in [3.63, 3.8) is 0 Å². The van der Waals surface area contributed by atoms with Crippen LogP contribution in [0.4, 0.5) is 28.4 Å². The van der Waals surface area contributed by atoms with Gasteiger partial charge in [0, 0.05) is 65.8 Å². The van der Waals surface area contributed by atoms with Crippen LogP contribution in [-0.2, 0) is 0 Å². The molecular formula is C128H89BrN4. The number of benzene rings is 22. The van der Waals surface area contributed by atoms with Gasteiger partial charge in [-0.15, -0.1) is 0 Å². The van der Waals surface area contributed by atoms with Crippen LogP contribution in [0, 0.1) is 0 Å². The second-order valence-corrected chi connectivity index (χ2v) is 34.6. The molecule has 2 aromatic heterocycles. The number of fused-ring (bicyclic) bond motifs is 10. The van der Waals surface area contributed by atoms with Crippen molar-refractivity contribution in [2.75, 3.05) is 10.2 Å². The fourth-order valence-corrected chi connectivity index (χ4v) is 19.1. The van der Waals surface area contributed by atoms with Gasteiger partial charge in [0.2, 0.25) is 0 Å². The highest BCUT2D eigenvalue weighted by atomic mass is 79.9. The van der Waals surface area contributed by atoms with Gasteiger partial charge in [0.15, 0.2) is 0 Å². The molecule has 0 unspecified atom stereocenters. The van der Waals surface area contributed by atoms with Gasteiger partial charge in [-0.2, -0.15) is 0 Å². The van der Waals surface area contributed by atoms with Crippen LogP contribution in [0.5, 0.6) is 0 Å². The molecule has 133 heavy (non-hydrogen) atoms. The predicted octanol–water partition coefficient (Wildman–Crippen LogP) is 36.2. The molecule has 0 saturated heterocycles. The molecule has 22 aromatic carbocycles. The third-order valence-electron chi connectivity index (χ3n) is 25.5. The Balaban J connectivity index is 0.000000130. The maximum absolute atomic E-state index is 3.56. The molecule has 24 rings (SSSR count). The first-order chi connectivity index (χ1) is 65.8. The van der Waals surface area contributed by atoms with Crippen LogP contribution in [-0.4, -0.2) is 9.13 Å². The third kappa shape index (κ3) is 17.1. The maximum Gasteiger partial charge on any atom is 0.0547 e. The van der Waals surface area contributed by atoms with Crippen molar-refractivity contribution in [1.29, 1.82) is 0 Å². The van der Waals surface area contributed by atoms with Crippen LogP contribution >= 0.6 is 15.9 Å². The molecule has 1 N–H and O–H groups in total. The lowest BCUT2D eigenvalue weighted by atomic mass is 9.97. The lowest BCUT2D eigenvalue weighted by molar-refractivity contribution is 1.18. The average molecular weight is 1760 g/mol. The van der Waals surface area contributed by atoms with Crippen LogP contribution in [0.3, 0.4) is 0 Å². The van der Waals surface area contributed by atoms with E-state index < -0.39 is 0 Å². The summed E-state index contributed by atoms with van der Waals surface area (Å²) in [5.74, 6) is 0. The summed E-state index contributed by atoms with van der Waals surface area (Å²) in [7, 11) is 0. The van der Waals surface area contributed by atoms with E-state index in [1.807, 2.05) is 12.1 Å². The molecule has 0 fully saturated rings. The van der Waals surface area contributed by atoms with Crippen LogP contribution < -0.4 is 10.2 Å². The van der Waals surface area contributed by atoms with E-state index >= 15 is 0 Å². The van der Waals surface area contributed by atoms with Gasteiger partial charge in [0.1, 0.15) is 0 Å². The van der Waals surface area contributed by atoms with E-state index in [2.05, 4.69) is 557 Å². The fraction of sp³-hybridized carbons (Fsp3) is 0. The zero-order valence-corrected chi connectivity index (χ0v) is 74.6. The molecule has 628 valence electrons. The molecule has 0 amide bonds. The number of hydrogen-bond acceptors (Lipinski definition) is 2. The summed E-state index contributed by atoms with van der Waals surface area (Å²) in [4.78, 5) is 2.34. The Morgan fingerprint density at radius 1 is 0.165 bits per heavy atom. The lowest BCUT2D eigenvalue weighted by Gasteiger charge is -2.26. The van der Waals surface area contributed by atoms with E-state index in [9.17, 15) is 0 Å². The Morgan fingerprint density at radius 2 is 0.391 bits per heavy atom. The molecular weight excluding hydrogens is 1670 g/mol. The van der Waals surface area contributed by atoms with Crippen molar-refractivity contribution < 1.29 is 0 Å². The minimum absolute atomic E-state index is 1.09. The minimum Gasteiger partial charge on any atom is -0.356 e. The summed E-state index contributed by atoms with van der Waals surface area (Å²) in [5.41, 5.74) is 36.8. The van der Waals surface area contributed by atoms with Gasteiger partial charge < -0.3 is 19.4 Å². The fourth-order valence-electron chi connectivity index (χ4n) is 18.8. The van der Waals surface area contributed by atoms with Gasteiger partial charge in [-0.25, -0.2) is 0 Å². The van der Waals surface area contributed by atoms with Gasteiger partial charge in [0.25, 0.3) is 0 Å². The van der Waals surface area contributed by atoms with Gasteiger partial charge in [-0.3, -0.25) is 0 Å². The number of aromatic nitrogens is 2. The highest BCUT2D eigenvalue weighted by molar-refractivity contribution is 9.10. The number of anilines is 5. The van der Waals surface area contributed by atoms with Crippen molar-refractivity contribution in [3.8, 4) is 123 Å². The predicted molar refractivity (Wildman–Crippen MR) is 569 cm³/mol. The summed E-state index contributed by atoms with van der Waals surface area (Å²) >= 11 is 3.56. The minimum atomic E-state index is 1.09. The molecule has 0 aliphatic rings. The van der Waals surface area contributed by atoms with E-state index in [1.165, 1.54) is 176 Å². The van der Waals surface area contributed by atoms with E-state index in [-0.39, 0.29) is 0 Å². The van der Waals surface area contributed by atoms with Crippen molar-refractivity contribution in [3.05, 3.63) is 538 Å². The molecule has 4 nitrogen and oxygen atoms in total. The van der Waals surface area contributed by atoms with Gasteiger partial charge in [0.05, 0.1) is 22.1 Å². The van der Waals surface area contributed by atoms with Gasteiger partial charge in [-0.1, -0.05) is 404 Å². The molecule has 0 spiro atoms. The van der Waals surface area contributed by atoms with Crippen molar-refractivity contribution >= 4 is 110 Å². The zero-order valence-electron chi connectivity index (χ0n) is 73.0. The van der Waals surface area contributed by atoms with Crippen LogP contribution in [0.1, 0.15) is 0 Å². The Kier molecular flexibility index (Phi) is 22.8. The number of nitrogens with one attached hydrogen (secondary N) is 1. The van der Waals surface area contributed by atoms with Crippen molar-refractivity contribution in [2.24, 2.45) is 0 Å². The number of rotatable bonds is 17.